The van der Waals surface area contributed by atoms with Crippen molar-refractivity contribution in [2.24, 2.45) is 0 Å². The third-order valence-electron chi connectivity index (χ3n) is 1.21. The van der Waals surface area contributed by atoms with Crippen molar-refractivity contribution < 1.29 is 9.63 Å². The minimum atomic E-state index is -0.127. The number of hydroxylamine groups is 2. The van der Waals surface area contributed by atoms with Crippen molar-refractivity contribution >= 4 is 21.8 Å². The molecule has 0 aromatic rings. The highest BCUT2D eigenvalue weighted by molar-refractivity contribution is 9.10. The molecule has 3 nitrogen and oxygen atoms in total. The van der Waals surface area contributed by atoms with Crippen molar-refractivity contribution in [1.82, 2.24) is 5.06 Å². The average molecular weight is 210 g/mol. The molecule has 0 rings (SSSR count). The normalized spacial score (nSPS) is 12.8. The van der Waals surface area contributed by atoms with Gasteiger partial charge < -0.3 is 0 Å². The molecule has 0 aliphatic heterocycles. The molecule has 0 bridgehead atoms. The molecule has 1 atom stereocenters. The zero-order chi connectivity index (χ0) is 8.15. The van der Waals surface area contributed by atoms with Gasteiger partial charge in [0, 0.05) is 7.05 Å². The second kappa shape index (κ2) is 4.68. The molecular weight excluding hydrogens is 198 g/mol. The van der Waals surface area contributed by atoms with E-state index in [1.54, 1.807) is 7.05 Å². The summed E-state index contributed by atoms with van der Waals surface area (Å²) in [5.74, 6) is -0.0509. The van der Waals surface area contributed by atoms with E-state index in [-0.39, 0.29) is 10.7 Å². The molecule has 0 saturated carbocycles. The fraction of sp³-hybridized carbons (Fsp3) is 0.833. The lowest BCUT2D eigenvalue weighted by atomic mass is 10.3. The monoisotopic (exact) mass is 209 g/mol. The van der Waals surface area contributed by atoms with Crippen LogP contribution in [-0.4, -0.2) is 30.0 Å². The summed E-state index contributed by atoms with van der Waals surface area (Å²) in [6.45, 7) is 1.93. The average Bonchev–Trinajstić information content (AvgIpc) is 2.00. The van der Waals surface area contributed by atoms with Crippen molar-refractivity contribution in [1.29, 1.82) is 0 Å². The van der Waals surface area contributed by atoms with Gasteiger partial charge >= 0.3 is 0 Å². The molecule has 0 fully saturated rings. The summed E-state index contributed by atoms with van der Waals surface area (Å²) < 4.78 is 0. The summed E-state index contributed by atoms with van der Waals surface area (Å²) >= 11 is 3.21. The molecule has 60 valence electrons. The number of carbonyl (C=O) groups excluding carboxylic acids is 1. The Labute approximate surface area is 69.4 Å². The molecule has 0 aromatic heterocycles. The number of hydrogen-bond donors (Lipinski definition) is 0. The summed E-state index contributed by atoms with van der Waals surface area (Å²) in [7, 11) is 3.06. The summed E-state index contributed by atoms with van der Waals surface area (Å²) in [6.07, 6.45) is 0.770. The summed E-state index contributed by atoms with van der Waals surface area (Å²) in [4.78, 5) is 15.6. The predicted molar refractivity (Wildman–Crippen MR) is 42.8 cm³/mol. The molecule has 0 aliphatic rings. The van der Waals surface area contributed by atoms with Crippen LogP contribution in [0.4, 0.5) is 0 Å². The Balaban J connectivity index is 3.82. The van der Waals surface area contributed by atoms with E-state index in [2.05, 4.69) is 20.8 Å². The number of carbonyl (C=O) groups is 1. The number of alkyl halides is 1. The second-order valence-corrected chi connectivity index (χ2v) is 3.00. The standard InChI is InChI=1S/C6H12BrNO2/c1-4-5(7)6(9)8(2)10-3/h5H,4H2,1-3H3. The first-order chi connectivity index (χ1) is 4.63. The van der Waals surface area contributed by atoms with Crippen LogP contribution in [0.1, 0.15) is 13.3 Å². The lowest BCUT2D eigenvalue weighted by molar-refractivity contribution is -0.167. The first-order valence-corrected chi connectivity index (χ1v) is 4.00. The first-order valence-electron chi connectivity index (χ1n) is 3.09. The largest absolute Gasteiger partial charge is 0.275 e. The molecule has 0 aliphatic carbocycles. The molecular formula is C6H12BrNO2. The van der Waals surface area contributed by atoms with Crippen LogP contribution < -0.4 is 0 Å². The van der Waals surface area contributed by atoms with Crippen LogP contribution in [0.5, 0.6) is 0 Å². The topological polar surface area (TPSA) is 29.5 Å². The van der Waals surface area contributed by atoms with E-state index in [9.17, 15) is 4.79 Å². The van der Waals surface area contributed by atoms with Gasteiger partial charge in [-0.25, -0.2) is 5.06 Å². The number of amides is 1. The van der Waals surface area contributed by atoms with Crippen LogP contribution in [0, 0.1) is 0 Å². The van der Waals surface area contributed by atoms with Crippen molar-refractivity contribution in [3.63, 3.8) is 0 Å². The highest BCUT2D eigenvalue weighted by Gasteiger charge is 2.16. The Hall–Kier alpha value is -0.0900. The Morgan fingerprint density at radius 1 is 1.80 bits per heavy atom. The van der Waals surface area contributed by atoms with Gasteiger partial charge in [-0.2, -0.15) is 0 Å². The van der Waals surface area contributed by atoms with Gasteiger partial charge in [0.25, 0.3) is 5.91 Å². The van der Waals surface area contributed by atoms with Crippen LogP contribution >= 0.6 is 15.9 Å². The van der Waals surface area contributed by atoms with E-state index in [1.807, 2.05) is 6.92 Å². The van der Waals surface area contributed by atoms with Crippen molar-refractivity contribution in [3.05, 3.63) is 0 Å². The molecule has 0 aromatic carbocycles. The predicted octanol–water partition coefficient (Wildman–Crippen LogP) is 1.18. The van der Waals surface area contributed by atoms with Crippen molar-refractivity contribution in [2.45, 2.75) is 18.2 Å². The maximum Gasteiger partial charge on any atom is 0.259 e. The van der Waals surface area contributed by atoms with E-state index < -0.39 is 0 Å². The molecule has 1 amide bonds. The van der Waals surface area contributed by atoms with Gasteiger partial charge in [0.2, 0.25) is 0 Å². The highest BCUT2D eigenvalue weighted by Crippen LogP contribution is 2.07. The molecule has 4 heteroatoms. The van der Waals surface area contributed by atoms with Gasteiger partial charge in [-0.05, 0) is 6.42 Å². The first kappa shape index (κ1) is 9.91. The van der Waals surface area contributed by atoms with Crippen molar-refractivity contribution in [3.8, 4) is 0 Å². The summed E-state index contributed by atoms with van der Waals surface area (Å²) in [6, 6.07) is 0. The van der Waals surface area contributed by atoms with E-state index in [0.717, 1.165) is 6.42 Å². The third-order valence-corrected chi connectivity index (χ3v) is 2.25. The van der Waals surface area contributed by atoms with Gasteiger partial charge in [-0.3, -0.25) is 9.63 Å². The van der Waals surface area contributed by atoms with Crippen LogP contribution in [-0.2, 0) is 9.63 Å². The second-order valence-electron chi connectivity index (χ2n) is 1.89. The van der Waals surface area contributed by atoms with Gasteiger partial charge in [-0.1, -0.05) is 22.9 Å². The molecule has 0 saturated heterocycles. The lowest BCUT2D eigenvalue weighted by Gasteiger charge is -2.15. The molecule has 0 spiro atoms. The van der Waals surface area contributed by atoms with E-state index in [1.165, 1.54) is 12.2 Å². The zero-order valence-electron chi connectivity index (χ0n) is 6.43. The van der Waals surface area contributed by atoms with Crippen LogP contribution in [0.3, 0.4) is 0 Å². The molecule has 0 heterocycles. The smallest absolute Gasteiger partial charge is 0.259 e. The van der Waals surface area contributed by atoms with Gasteiger partial charge in [-0.15, -0.1) is 0 Å². The molecule has 0 radical (unpaired) electrons. The fourth-order valence-electron chi connectivity index (χ4n) is 0.462. The molecule has 10 heavy (non-hydrogen) atoms. The SMILES string of the molecule is CCC(Br)C(=O)N(C)OC. The van der Waals surface area contributed by atoms with Crippen LogP contribution in [0.25, 0.3) is 0 Å². The molecule has 0 N–H and O–H groups in total. The molecule has 1 unspecified atom stereocenters. The van der Waals surface area contributed by atoms with Crippen LogP contribution in [0.2, 0.25) is 0 Å². The quantitative estimate of drug-likeness (QED) is 0.517. The third kappa shape index (κ3) is 2.66. The Morgan fingerprint density at radius 2 is 2.30 bits per heavy atom. The van der Waals surface area contributed by atoms with Crippen LogP contribution in [0.15, 0.2) is 0 Å². The summed E-state index contributed by atoms with van der Waals surface area (Å²) in [5, 5.41) is 1.21. The Kier molecular flexibility index (Phi) is 4.64. The van der Waals surface area contributed by atoms with E-state index in [4.69, 9.17) is 0 Å². The van der Waals surface area contributed by atoms with E-state index in [0.29, 0.717) is 0 Å². The Morgan fingerprint density at radius 3 is 2.60 bits per heavy atom. The zero-order valence-corrected chi connectivity index (χ0v) is 8.01. The maximum absolute atomic E-state index is 11.1. The highest BCUT2D eigenvalue weighted by atomic mass is 79.9. The maximum atomic E-state index is 11.1. The van der Waals surface area contributed by atoms with Crippen molar-refractivity contribution in [2.75, 3.05) is 14.2 Å². The number of nitrogens with zero attached hydrogens (tertiary/aromatic N) is 1. The Bertz CT molecular complexity index is 106. The number of rotatable bonds is 3. The minimum Gasteiger partial charge on any atom is -0.275 e. The fourth-order valence-corrected chi connectivity index (χ4v) is 0.750. The van der Waals surface area contributed by atoms with Gasteiger partial charge in [0.15, 0.2) is 0 Å². The van der Waals surface area contributed by atoms with E-state index >= 15 is 0 Å². The minimum absolute atomic E-state index is 0.0509. The number of hydrogen-bond acceptors (Lipinski definition) is 2. The summed E-state index contributed by atoms with van der Waals surface area (Å²) in [5.41, 5.74) is 0. The van der Waals surface area contributed by atoms with Gasteiger partial charge in [0.05, 0.1) is 11.9 Å². The van der Waals surface area contributed by atoms with Gasteiger partial charge in [0.1, 0.15) is 0 Å². The lowest BCUT2D eigenvalue weighted by Crippen LogP contribution is -2.31. The number of halogens is 1.